The molecule has 0 fully saturated rings. The molecule has 0 atom stereocenters. The van der Waals surface area contributed by atoms with E-state index < -0.39 is 0 Å². The number of nitrogens with one attached hydrogen (secondary N) is 1. The van der Waals surface area contributed by atoms with Crippen LogP contribution in [0.25, 0.3) is 11.0 Å². The highest BCUT2D eigenvalue weighted by Gasteiger charge is 2.00. The number of aromatic amines is 1. The summed E-state index contributed by atoms with van der Waals surface area (Å²) in [5.74, 6) is 0. The minimum absolute atomic E-state index is 1.00. The van der Waals surface area contributed by atoms with Crippen molar-refractivity contribution in [2.45, 2.75) is 6.92 Å². The summed E-state index contributed by atoms with van der Waals surface area (Å²) in [5, 5.41) is 0. The van der Waals surface area contributed by atoms with E-state index in [1.807, 2.05) is 25.3 Å². The lowest BCUT2D eigenvalue weighted by Gasteiger charge is -1.91. The van der Waals surface area contributed by atoms with Crippen molar-refractivity contribution in [2.75, 3.05) is 0 Å². The van der Waals surface area contributed by atoms with Crippen LogP contribution in [0.15, 0.2) is 22.8 Å². The molecule has 0 amide bonds. The number of pyridine rings is 1. The average molecular weight is 211 g/mol. The second kappa shape index (κ2) is 2.34. The van der Waals surface area contributed by atoms with Crippen LogP contribution in [-0.4, -0.2) is 9.97 Å². The fourth-order valence-corrected chi connectivity index (χ4v) is 1.48. The van der Waals surface area contributed by atoms with Crippen LogP contribution in [0.4, 0.5) is 0 Å². The van der Waals surface area contributed by atoms with E-state index in [0.29, 0.717) is 0 Å². The van der Waals surface area contributed by atoms with Gasteiger partial charge in [0.1, 0.15) is 5.52 Å². The van der Waals surface area contributed by atoms with E-state index in [4.69, 9.17) is 0 Å². The van der Waals surface area contributed by atoms with Gasteiger partial charge in [-0.2, -0.15) is 0 Å². The molecule has 11 heavy (non-hydrogen) atoms. The Morgan fingerprint density at radius 1 is 1.45 bits per heavy atom. The normalized spacial score (nSPS) is 10.7. The van der Waals surface area contributed by atoms with Crippen LogP contribution in [0.2, 0.25) is 0 Å². The first kappa shape index (κ1) is 6.85. The highest BCUT2D eigenvalue weighted by atomic mass is 79.9. The quantitative estimate of drug-likeness (QED) is 0.712. The van der Waals surface area contributed by atoms with Gasteiger partial charge >= 0.3 is 0 Å². The van der Waals surface area contributed by atoms with Gasteiger partial charge in [0, 0.05) is 11.9 Å². The standard InChI is InChI=1S/C8H7BrN2/c1-5-2-3-7-8(11-5)6(9)4-10-7/h2-4,10H,1H3. The second-order valence-corrected chi connectivity index (χ2v) is 3.34. The molecule has 0 spiro atoms. The fourth-order valence-electron chi connectivity index (χ4n) is 1.06. The maximum atomic E-state index is 4.36. The highest BCUT2D eigenvalue weighted by Crippen LogP contribution is 2.20. The summed E-state index contributed by atoms with van der Waals surface area (Å²) in [6.45, 7) is 1.98. The third-order valence-corrected chi connectivity index (χ3v) is 2.22. The van der Waals surface area contributed by atoms with Gasteiger partial charge in [-0.3, -0.25) is 4.98 Å². The Morgan fingerprint density at radius 2 is 2.27 bits per heavy atom. The van der Waals surface area contributed by atoms with Gasteiger partial charge in [-0.15, -0.1) is 0 Å². The van der Waals surface area contributed by atoms with Crippen molar-refractivity contribution >= 4 is 27.0 Å². The fraction of sp³-hybridized carbons (Fsp3) is 0.125. The van der Waals surface area contributed by atoms with Crippen molar-refractivity contribution < 1.29 is 0 Å². The van der Waals surface area contributed by atoms with Crippen LogP contribution in [0.5, 0.6) is 0 Å². The van der Waals surface area contributed by atoms with E-state index in [-0.39, 0.29) is 0 Å². The predicted molar refractivity (Wildman–Crippen MR) is 48.5 cm³/mol. The number of hydrogen-bond acceptors (Lipinski definition) is 1. The summed E-state index contributed by atoms with van der Waals surface area (Å²) >= 11 is 3.41. The summed E-state index contributed by atoms with van der Waals surface area (Å²) in [5.41, 5.74) is 3.12. The molecular formula is C8H7BrN2. The first-order valence-corrected chi connectivity index (χ1v) is 4.17. The molecule has 0 radical (unpaired) electrons. The lowest BCUT2D eigenvalue weighted by Crippen LogP contribution is -1.79. The second-order valence-electron chi connectivity index (χ2n) is 2.49. The van der Waals surface area contributed by atoms with Gasteiger partial charge in [-0.05, 0) is 35.0 Å². The molecule has 0 aliphatic carbocycles. The predicted octanol–water partition coefficient (Wildman–Crippen LogP) is 2.63. The number of aryl methyl sites for hydroxylation is 1. The van der Waals surface area contributed by atoms with Crippen LogP contribution in [0, 0.1) is 6.92 Å². The Labute approximate surface area is 72.8 Å². The monoisotopic (exact) mass is 210 g/mol. The average Bonchev–Trinajstić information content (AvgIpc) is 2.33. The van der Waals surface area contributed by atoms with E-state index in [1.54, 1.807) is 0 Å². The van der Waals surface area contributed by atoms with Crippen LogP contribution in [0.1, 0.15) is 5.69 Å². The van der Waals surface area contributed by atoms with E-state index in [1.165, 1.54) is 0 Å². The molecule has 0 bridgehead atoms. The van der Waals surface area contributed by atoms with E-state index in [0.717, 1.165) is 21.2 Å². The molecule has 2 heterocycles. The molecule has 2 aromatic rings. The van der Waals surface area contributed by atoms with Gasteiger partial charge in [-0.1, -0.05) is 0 Å². The molecule has 56 valence electrons. The Kier molecular flexibility index (Phi) is 1.46. The van der Waals surface area contributed by atoms with Crippen molar-refractivity contribution in [3.05, 3.63) is 28.5 Å². The third kappa shape index (κ3) is 1.05. The number of fused-ring (bicyclic) bond motifs is 1. The van der Waals surface area contributed by atoms with E-state index in [2.05, 4.69) is 25.9 Å². The summed E-state index contributed by atoms with van der Waals surface area (Å²) in [6.07, 6.45) is 1.90. The zero-order chi connectivity index (χ0) is 7.84. The molecule has 0 saturated heterocycles. The van der Waals surface area contributed by atoms with Crippen molar-refractivity contribution in [1.82, 2.24) is 9.97 Å². The molecule has 0 aliphatic heterocycles. The summed E-state index contributed by atoms with van der Waals surface area (Å²) in [7, 11) is 0. The molecule has 0 aliphatic rings. The molecule has 0 unspecified atom stereocenters. The molecule has 2 rings (SSSR count). The van der Waals surface area contributed by atoms with Crippen molar-refractivity contribution in [3.63, 3.8) is 0 Å². The number of halogens is 1. The van der Waals surface area contributed by atoms with Crippen molar-refractivity contribution in [1.29, 1.82) is 0 Å². The van der Waals surface area contributed by atoms with Crippen LogP contribution in [-0.2, 0) is 0 Å². The first-order valence-electron chi connectivity index (χ1n) is 3.37. The van der Waals surface area contributed by atoms with Gasteiger partial charge in [0.25, 0.3) is 0 Å². The lowest BCUT2D eigenvalue weighted by molar-refractivity contribution is 1.25. The lowest BCUT2D eigenvalue weighted by atomic mass is 10.3. The number of rotatable bonds is 0. The summed E-state index contributed by atoms with van der Waals surface area (Å²) in [4.78, 5) is 7.46. The van der Waals surface area contributed by atoms with Crippen molar-refractivity contribution in [3.8, 4) is 0 Å². The maximum absolute atomic E-state index is 4.36. The molecule has 1 N–H and O–H groups in total. The van der Waals surface area contributed by atoms with Crippen LogP contribution < -0.4 is 0 Å². The van der Waals surface area contributed by atoms with Gasteiger partial charge in [0.05, 0.1) is 9.99 Å². The third-order valence-electron chi connectivity index (χ3n) is 1.62. The first-order chi connectivity index (χ1) is 5.27. The Balaban J connectivity index is 2.87. The Morgan fingerprint density at radius 3 is 3.09 bits per heavy atom. The summed E-state index contributed by atoms with van der Waals surface area (Å²) in [6, 6.07) is 4.02. The topological polar surface area (TPSA) is 28.7 Å². The largest absolute Gasteiger partial charge is 0.359 e. The zero-order valence-corrected chi connectivity index (χ0v) is 7.64. The minimum Gasteiger partial charge on any atom is -0.359 e. The molecule has 0 aromatic carbocycles. The Bertz CT molecular complexity index is 392. The van der Waals surface area contributed by atoms with E-state index >= 15 is 0 Å². The highest BCUT2D eigenvalue weighted by molar-refractivity contribution is 9.10. The zero-order valence-electron chi connectivity index (χ0n) is 6.06. The molecule has 2 aromatic heterocycles. The number of nitrogens with zero attached hydrogens (tertiary/aromatic N) is 1. The Hall–Kier alpha value is -0.830. The van der Waals surface area contributed by atoms with E-state index in [9.17, 15) is 0 Å². The van der Waals surface area contributed by atoms with Gasteiger partial charge in [0.15, 0.2) is 0 Å². The van der Waals surface area contributed by atoms with Crippen LogP contribution in [0.3, 0.4) is 0 Å². The minimum atomic E-state index is 1.00. The van der Waals surface area contributed by atoms with Gasteiger partial charge in [-0.25, -0.2) is 0 Å². The van der Waals surface area contributed by atoms with Crippen molar-refractivity contribution in [2.24, 2.45) is 0 Å². The number of hydrogen-bond donors (Lipinski definition) is 1. The SMILES string of the molecule is Cc1ccc2[nH]cc(Br)c2n1. The molecular weight excluding hydrogens is 204 g/mol. The van der Waals surface area contributed by atoms with Crippen LogP contribution >= 0.6 is 15.9 Å². The molecule has 3 heteroatoms. The summed E-state index contributed by atoms with van der Waals surface area (Å²) < 4.78 is 1.02. The molecule has 2 nitrogen and oxygen atoms in total. The smallest absolute Gasteiger partial charge is 0.102 e. The molecule has 0 saturated carbocycles. The number of aromatic nitrogens is 2. The number of H-pyrrole nitrogens is 1. The van der Waals surface area contributed by atoms with Gasteiger partial charge in [0.2, 0.25) is 0 Å². The van der Waals surface area contributed by atoms with Gasteiger partial charge < -0.3 is 4.98 Å². The maximum Gasteiger partial charge on any atom is 0.102 e.